The zero-order valence-electron chi connectivity index (χ0n) is 11.8. The number of nitrogen functional groups attached to an aromatic ring is 1. The van der Waals surface area contributed by atoms with E-state index in [4.69, 9.17) is 10.2 Å². The van der Waals surface area contributed by atoms with Gasteiger partial charge in [0, 0.05) is 31.7 Å². The van der Waals surface area contributed by atoms with Crippen LogP contribution in [0.15, 0.2) is 28.7 Å². The normalized spacial score (nSPS) is 12.0. The first-order valence-corrected chi connectivity index (χ1v) is 7.88. The zero-order chi connectivity index (χ0) is 15.6. The molecule has 0 unspecified atom stereocenters. The van der Waals surface area contributed by atoms with E-state index in [1.807, 2.05) is 0 Å². The largest absolute Gasteiger partial charge is 0.451 e. The summed E-state index contributed by atoms with van der Waals surface area (Å²) < 4.78 is 29.6. The summed E-state index contributed by atoms with van der Waals surface area (Å²) >= 11 is 0. The lowest BCUT2D eigenvalue weighted by atomic mass is 10.2. The number of carbonyl (C=O) groups is 1. The van der Waals surface area contributed by atoms with Crippen LogP contribution < -0.4 is 11.1 Å². The molecule has 8 heteroatoms. The summed E-state index contributed by atoms with van der Waals surface area (Å²) in [7, 11) is -0.444. The van der Waals surface area contributed by atoms with Crippen LogP contribution in [0.2, 0.25) is 0 Å². The van der Waals surface area contributed by atoms with Gasteiger partial charge in [0.1, 0.15) is 5.58 Å². The Morgan fingerprint density at radius 1 is 1.33 bits per heavy atom. The first kappa shape index (κ1) is 15.3. The van der Waals surface area contributed by atoms with Crippen molar-refractivity contribution < 1.29 is 17.6 Å². The summed E-state index contributed by atoms with van der Waals surface area (Å²) in [6.45, 7) is 0.0124. The van der Waals surface area contributed by atoms with Gasteiger partial charge in [0.25, 0.3) is 5.91 Å². The molecule has 1 heterocycles. The van der Waals surface area contributed by atoms with Gasteiger partial charge in [-0.05, 0) is 24.3 Å². The highest BCUT2D eigenvalue weighted by Gasteiger charge is 2.16. The van der Waals surface area contributed by atoms with Crippen molar-refractivity contribution in [3.05, 3.63) is 30.0 Å². The van der Waals surface area contributed by atoms with Crippen LogP contribution in [0.3, 0.4) is 0 Å². The summed E-state index contributed by atoms with van der Waals surface area (Å²) in [4.78, 5) is 11.9. The SMILES string of the molecule is CN(C)S(=O)(=O)CCNC(=O)c1cc2cc(N)ccc2o1. The van der Waals surface area contributed by atoms with Crippen molar-refractivity contribution in [1.29, 1.82) is 0 Å². The average Bonchev–Trinajstić information content (AvgIpc) is 2.81. The maximum atomic E-state index is 11.9. The van der Waals surface area contributed by atoms with E-state index >= 15 is 0 Å². The molecule has 7 nitrogen and oxygen atoms in total. The second-order valence-electron chi connectivity index (χ2n) is 4.76. The molecule has 0 saturated heterocycles. The lowest BCUT2D eigenvalue weighted by Crippen LogP contribution is -2.33. The van der Waals surface area contributed by atoms with Crippen LogP contribution in [0.4, 0.5) is 5.69 Å². The topological polar surface area (TPSA) is 106 Å². The van der Waals surface area contributed by atoms with E-state index < -0.39 is 15.9 Å². The highest BCUT2D eigenvalue weighted by atomic mass is 32.2. The first-order valence-electron chi connectivity index (χ1n) is 6.27. The van der Waals surface area contributed by atoms with Gasteiger partial charge in [-0.25, -0.2) is 12.7 Å². The van der Waals surface area contributed by atoms with E-state index in [1.165, 1.54) is 14.1 Å². The zero-order valence-corrected chi connectivity index (χ0v) is 12.6. The molecule has 1 aromatic carbocycles. The number of nitrogens with one attached hydrogen (secondary N) is 1. The number of hydrogen-bond donors (Lipinski definition) is 2. The van der Waals surface area contributed by atoms with Gasteiger partial charge in [0.2, 0.25) is 10.0 Å². The lowest BCUT2D eigenvalue weighted by molar-refractivity contribution is 0.0930. The van der Waals surface area contributed by atoms with Crippen molar-refractivity contribution in [1.82, 2.24) is 9.62 Å². The van der Waals surface area contributed by atoms with Crippen molar-refractivity contribution in [2.75, 3.05) is 32.1 Å². The summed E-state index contributed by atoms with van der Waals surface area (Å²) in [5.41, 5.74) is 6.78. The summed E-state index contributed by atoms with van der Waals surface area (Å²) in [6.07, 6.45) is 0. The van der Waals surface area contributed by atoms with Gasteiger partial charge >= 0.3 is 0 Å². The summed E-state index contributed by atoms with van der Waals surface area (Å²) in [5.74, 6) is -0.504. The molecule has 0 radical (unpaired) electrons. The predicted molar refractivity (Wildman–Crippen MR) is 80.4 cm³/mol. The number of benzene rings is 1. The summed E-state index contributed by atoms with van der Waals surface area (Å²) in [5, 5.41) is 3.24. The minimum atomic E-state index is -3.33. The fraction of sp³-hybridized carbons (Fsp3) is 0.308. The highest BCUT2D eigenvalue weighted by molar-refractivity contribution is 7.89. The average molecular weight is 311 g/mol. The van der Waals surface area contributed by atoms with Gasteiger partial charge in [-0.2, -0.15) is 0 Å². The molecule has 114 valence electrons. The van der Waals surface area contributed by atoms with Crippen molar-refractivity contribution in [2.24, 2.45) is 0 Å². The third kappa shape index (κ3) is 3.53. The monoisotopic (exact) mass is 311 g/mol. The van der Waals surface area contributed by atoms with Gasteiger partial charge < -0.3 is 15.5 Å². The molecule has 0 saturated carbocycles. The molecule has 2 rings (SSSR count). The van der Waals surface area contributed by atoms with E-state index in [0.29, 0.717) is 11.3 Å². The molecule has 0 aliphatic carbocycles. The third-order valence-corrected chi connectivity index (χ3v) is 4.80. The van der Waals surface area contributed by atoms with E-state index in [1.54, 1.807) is 24.3 Å². The molecule has 0 fully saturated rings. The number of nitrogens with two attached hydrogens (primary N) is 1. The molecule has 3 N–H and O–H groups in total. The Hall–Kier alpha value is -2.06. The first-order chi connectivity index (χ1) is 9.79. The molecule has 21 heavy (non-hydrogen) atoms. The van der Waals surface area contributed by atoms with Crippen LogP contribution in [0, 0.1) is 0 Å². The lowest BCUT2D eigenvalue weighted by Gasteiger charge is -2.10. The Kier molecular flexibility index (Phi) is 4.19. The molecular formula is C13H17N3O4S. The fourth-order valence-electron chi connectivity index (χ4n) is 1.74. The van der Waals surface area contributed by atoms with Crippen molar-refractivity contribution in [3.63, 3.8) is 0 Å². The van der Waals surface area contributed by atoms with Crippen LogP contribution in [0.1, 0.15) is 10.6 Å². The number of fused-ring (bicyclic) bond motifs is 1. The second kappa shape index (κ2) is 5.74. The van der Waals surface area contributed by atoms with Crippen LogP contribution in [-0.2, 0) is 10.0 Å². The van der Waals surface area contributed by atoms with Crippen molar-refractivity contribution in [3.8, 4) is 0 Å². The number of amides is 1. The second-order valence-corrected chi connectivity index (χ2v) is 7.06. The summed E-state index contributed by atoms with van der Waals surface area (Å²) in [6, 6.07) is 6.63. The molecule has 2 aromatic rings. The van der Waals surface area contributed by atoms with E-state index in [-0.39, 0.29) is 18.1 Å². The Bertz CT molecular complexity index is 765. The standard InChI is InChI=1S/C13H17N3O4S/c1-16(2)21(18,19)6-5-15-13(17)12-8-9-7-10(14)3-4-11(9)20-12/h3-4,7-8H,5-6,14H2,1-2H3,(H,15,17). The molecule has 0 atom stereocenters. The van der Waals surface area contributed by atoms with Crippen LogP contribution in [0.25, 0.3) is 11.0 Å². The van der Waals surface area contributed by atoms with Crippen LogP contribution in [-0.4, -0.2) is 45.0 Å². The van der Waals surface area contributed by atoms with Crippen LogP contribution >= 0.6 is 0 Å². The Morgan fingerprint density at radius 2 is 2.05 bits per heavy atom. The number of carbonyl (C=O) groups excluding carboxylic acids is 1. The molecular weight excluding hydrogens is 294 g/mol. The minimum absolute atomic E-state index is 0.0124. The van der Waals surface area contributed by atoms with Gasteiger partial charge in [0.05, 0.1) is 5.75 Å². The number of furan rings is 1. The quantitative estimate of drug-likeness (QED) is 0.788. The smallest absolute Gasteiger partial charge is 0.287 e. The molecule has 0 aliphatic rings. The number of hydrogen-bond acceptors (Lipinski definition) is 5. The Balaban J connectivity index is 2.03. The van der Waals surface area contributed by atoms with Gasteiger partial charge in [0.15, 0.2) is 5.76 Å². The maximum Gasteiger partial charge on any atom is 0.287 e. The van der Waals surface area contributed by atoms with E-state index in [9.17, 15) is 13.2 Å². The molecule has 0 aliphatic heterocycles. The Morgan fingerprint density at radius 3 is 2.71 bits per heavy atom. The predicted octanol–water partition coefficient (Wildman–Crippen LogP) is 0.636. The molecule has 0 bridgehead atoms. The number of rotatable bonds is 5. The van der Waals surface area contributed by atoms with Gasteiger partial charge in [-0.1, -0.05) is 0 Å². The number of nitrogens with zero attached hydrogens (tertiary/aromatic N) is 1. The van der Waals surface area contributed by atoms with E-state index in [0.717, 1.165) is 9.69 Å². The van der Waals surface area contributed by atoms with Gasteiger partial charge in [-0.15, -0.1) is 0 Å². The third-order valence-electron chi connectivity index (χ3n) is 2.97. The number of anilines is 1. The molecule has 0 spiro atoms. The highest BCUT2D eigenvalue weighted by Crippen LogP contribution is 2.21. The van der Waals surface area contributed by atoms with Gasteiger partial charge in [-0.3, -0.25) is 4.79 Å². The fourth-order valence-corrected chi connectivity index (χ4v) is 2.46. The molecule has 1 amide bonds. The molecule has 1 aromatic heterocycles. The number of sulfonamides is 1. The Labute approximate surface area is 122 Å². The maximum absolute atomic E-state index is 11.9. The van der Waals surface area contributed by atoms with Crippen molar-refractivity contribution >= 4 is 32.6 Å². The minimum Gasteiger partial charge on any atom is -0.451 e. The van der Waals surface area contributed by atoms with Crippen molar-refractivity contribution in [2.45, 2.75) is 0 Å². The van der Waals surface area contributed by atoms with Crippen LogP contribution in [0.5, 0.6) is 0 Å². The van der Waals surface area contributed by atoms with E-state index in [2.05, 4.69) is 5.32 Å².